The van der Waals surface area contributed by atoms with Gasteiger partial charge in [-0.15, -0.1) is 0 Å². The number of hydrogen-bond donors (Lipinski definition) is 1. The van der Waals surface area contributed by atoms with E-state index < -0.39 is 0 Å². The Bertz CT molecular complexity index is 487. The van der Waals surface area contributed by atoms with E-state index >= 15 is 0 Å². The molecule has 0 amide bonds. The number of rotatable bonds is 5. The summed E-state index contributed by atoms with van der Waals surface area (Å²) in [5.41, 5.74) is 4.55. The third-order valence-electron chi connectivity index (χ3n) is 2.92. The van der Waals surface area contributed by atoms with Crippen molar-refractivity contribution >= 4 is 0 Å². The second-order valence-corrected chi connectivity index (χ2v) is 4.73. The quantitative estimate of drug-likeness (QED) is 0.877. The zero-order valence-electron chi connectivity index (χ0n) is 11.3. The zero-order valence-corrected chi connectivity index (χ0v) is 11.3. The van der Waals surface area contributed by atoms with Crippen molar-refractivity contribution in [2.75, 3.05) is 7.05 Å². The van der Waals surface area contributed by atoms with Crippen molar-refractivity contribution in [3.05, 3.63) is 47.0 Å². The molecule has 4 heteroatoms. The van der Waals surface area contributed by atoms with Gasteiger partial charge in [-0.25, -0.2) is 0 Å². The summed E-state index contributed by atoms with van der Waals surface area (Å²) in [6.45, 7) is 5.84. The highest BCUT2D eigenvalue weighted by atomic mass is 15.2. The summed E-state index contributed by atoms with van der Waals surface area (Å²) in [4.78, 5) is 6.68. The van der Waals surface area contributed by atoms with Crippen LogP contribution in [-0.4, -0.2) is 27.1 Å². The molecule has 2 rings (SSSR count). The Morgan fingerprint density at radius 1 is 1.22 bits per heavy atom. The van der Waals surface area contributed by atoms with Crippen LogP contribution >= 0.6 is 0 Å². The number of aromatic nitrogens is 3. The molecular weight excluding hydrogens is 224 g/mol. The smallest absolute Gasteiger partial charge is 0.0765 e. The van der Waals surface area contributed by atoms with Gasteiger partial charge in [-0.05, 0) is 38.1 Å². The summed E-state index contributed by atoms with van der Waals surface area (Å²) in [6.07, 6.45) is 3.00. The van der Waals surface area contributed by atoms with Crippen LogP contribution in [0, 0.1) is 6.92 Å². The molecule has 0 aliphatic carbocycles. The lowest BCUT2D eigenvalue weighted by Crippen LogP contribution is -2.18. The van der Waals surface area contributed by atoms with Crippen LogP contribution < -0.4 is 0 Å². The van der Waals surface area contributed by atoms with Gasteiger partial charge in [-0.1, -0.05) is 13.0 Å². The highest BCUT2D eigenvalue weighted by Crippen LogP contribution is 2.07. The van der Waals surface area contributed by atoms with Crippen molar-refractivity contribution < 1.29 is 0 Å². The highest BCUT2D eigenvalue weighted by Gasteiger charge is 2.05. The minimum absolute atomic E-state index is 0.835. The second-order valence-electron chi connectivity index (χ2n) is 4.73. The fourth-order valence-electron chi connectivity index (χ4n) is 1.92. The van der Waals surface area contributed by atoms with Gasteiger partial charge < -0.3 is 0 Å². The number of pyridine rings is 1. The highest BCUT2D eigenvalue weighted by molar-refractivity contribution is 5.14. The first-order valence-electron chi connectivity index (χ1n) is 6.30. The minimum Gasteiger partial charge on any atom is -0.295 e. The molecule has 2 aromatic rings. The summed E-state index contributed by atoms with van der Waals surface area (Å²) in [5.74, 6) is 0. The molecule has 0 atom stereocenters. The first-order chi connectivity index (χ1) is 8.67. The first-order valence-corrected chi connectivity index (χ1v) is 6.30. The average Bonchev–Trinajstić information content (AvgIpc) is 2.75. The fraction of sp³-hybridized carbons (Fsp3) is 0.429. The number of H-pyrrole nitrogens is 1. The lowest BCUT2D eigenvalue weighted by Gasteiger charge is -2.14. The van der Waals surface area contributed by atoms with E-state index in [4.69, 9.17) is 0 Å². The van der Waals surface area contributed by atoms with E-state index in [1.165, 1.54) is 5.56 Å². The molecule has 0 saturated heterocycles. The third-order valence-corrected chi connectivity index (χ3v) is 2.92. The lowest BCUT2D eigenvalue weighted by atomic mass is 10.2. The van der Waals surface area contributed by atoms with Gasteiger partial charge in [0.1, 0.15) is 0 Å². The van der Waals surface area contributed by atoms with E-state index in [9.17, 15) is 0 Å². The van der Waals surface area contributed by atoms with Crippen molar-refractivity contribution in [3.8, 4) is 0 Å². The summed E-state index contributed by atoms with van der Waals surface area (Å²) in [6, 6.07) is 6.32. The van der Waals surface area contributed by atoms with Crippen LogP contribution in [-0.2, 0) is 19.5 Å². The Labute approximate surface area is 108 Å². The Hall–Kier alpha value is -1.68. The maximum atomic E-state index is 4.47. The molecule has 0 unspecified atom stereocenters. The summed E-state index contributed by atoms with van der Waals surface area (Å²) in [7, 11) is 2.08. The number of hydrogen-bond acceptors (Lipinski definition) is 3. The van der Waals surface area contributed by atoms with E-state index in [2.05, 4.69) is 52.3 Å². The summed E-state index contributed by atoms with van der Waals surface area (Å²) < 4.78 is 0. The molecule has 1 N–H and O–H groups in total. The number of aryl methyl sites for hydroxylation is 2. The minimum atomic E-state index is 0.835. The SMILES string of the molecule is CCc1ccc(CN(C)Cc2cc(C)[nH]n2)nc1. The second kappa shape index (κ2) is 5.78. The Morgan fingerprint density at radius 3 is 2.56 bits per heavy atom. The van der Waals surface area contributed by atoms with E-state index in [1.807, 2.05) is 13.1 Å². The van der Waals surface area contributed by atoms with E-state index in [0.29, 0.717) is 0 Å². The van der Waals surface area contributed by atoms with Gasteiger partial charge in [0.2, 0.25) is 0 Å². The van der Waals surface area contributed by atoms with Crippen LogP contribution in [0.3, 0.4) is 0 Å². The van der Waals surface area contributed by atoms with Crippen molar-refractivity contribution in [2.24, 2.45) is 0 Å². The largest absolute Gasteiger partial charge is 0.295 e. The molecule has 0 aliphatic rings. The van der Waals surface area contributed by atoms with E-state index in [1.54, 1.807) is 0 Å². The fourth-order valence-corrected chi connectivity index (χ4v) is 1.92. The molecule has 18 heavy (non-hydrogen) atoms. The number of nitrogens with one attached hydrogen (secondary N) is 1. The lowest BCUT2D eigenvalue weighted by molar-refractivity contribution is 0.311. The Balaban J connectivity index is 1.91. The van der Waals surface area contributed by atoms with Crippen LogP contribution in [0.25, 0.3) is 0 Å². The molecule has 2 aromatic heterocycles. The normalized spacial score (nSPS) is 11.1. The van der Waals surface area contributed by atoms with Gasteiger partial charge in [-0.3, -0.25) is 15.0 Å². The van der Waals surface area contributed by atoms with Crippen LogP contribution in [0.1, 0.15) is 29.6 Å². The molecule has 4 nitrogen and oxygen atoms in total. The van der Waals surface area contributed by atoms with Crippen molar-refractivity contribution in [1.29, 1.82) is 0 Å². The molecule has 0 spiro atoms. The molecule has 96 valence electrons. The maximum absolute atomic E-state index is 4.47. The van der Waals surface area contributed by atoms with Crippen LogP contribution in [0.2, 0.25) is 0 Å². The van der Waals surface area contributed by atoms with Crippen LogP contribution in [0.4, 0.5) is 0 Å². The summed E-state index contributed by atoms with van der Waals surface area (Å²) in [5, 5.41) is 7.20. The topological polar surface area (TPSA) is 44.8 Å². The van der Waals surface area contributed by atoms with Gasteiger partial charge in [0.15, 0.2) is 0 Å². The molecule has 0 saturated carbocycles. The Kier molecular flexibility index (Phi) is 4.10. The monoisotopic (exact) mass is 244 g/mol. The third kappa shape index (κ3) is 3.40. The van der Waals surface area contributed by atoms with Crippen LogP contribution in [0.5, 0.6) is 0 Å². The van der Waals surface area contributed by atoms with E-state index in [-0.39, 0.29) is 0 Å². The summed E-state index contributed by atoms with van der Waals surface area (Å²) >= 11 is 0. The average molecular weight is 244 g/mol. The first kappa shape index (κ1) is 12.8. The predicted octanol–water partition coefficient (Wildman–Crippen LogP) is 2.31. The van der Waals surface area contributed by atoms with Crippen LogP contribution in [0.15, 0.2) is 24.4 Å². The molecule has 2 heterocycles. The molecule has 0 radical (unpaired) electrons. The van der Waals surface area contributed by atoms with Crippen molar-refractivity contribution in [2.45, 2.75) is 33.4 Å². The molecule has 0 bridgehead atoms. The maximum Gasteiger partial charge on any atom is 0.0765 e. The van der Waals surface area contributed by atoms with Crippen molar-refractivity contribution in [1.82, 2.24) is 20.1 Å². The van der Waals surface area contributed by atoms with Gasteiger partial charge >= 0.3 is 0 Å². The van der Waals surface area contributed by atoms with Gasteiger partial charge in [0, 0.05) is 25.0 Å². The molecule has 0 aromatic carbocycles. The van der Waals surface area contributed by atoms with E-state index in [0.717, 1.165) is 36.6 Å². The molecular formula is C14H20N4. The molecule has 0 aliphatic heterocycles. The van der Waals surface area contributed by atoms with Gasteiger partial charge in [0.25, 0.3) is 0 Å². The Morgan fingerprint density at radius 2 is 2.00 bits per heavy atom. The number of nitrogens with zero attached hydrogens (tertiary/aromatic N) is 3. The van der Waals surface area contributed by atoms with Crippen molar-refractivity contribution in [3.63, 3.8) is 0 Å². The number of aromatic amines is 1. The van der Waals surface area contributed by atoms with Gasteiger partial charge in [0.05, 0.1) is 11.4 Å². The zero-order chi connectivity index (χ0) is 13.0. The standard InChI is InChI=1S/C14H20N4/c1-4-12-5-6-13(15-8-12)9-18(3)10-14-7-11(2)16-17-14/h5-8H,4,9-10H2,1-3H3,(H,16,17). The van der Waals surface area contributed by atoms with Gasteiger partial charge in [-0.2, -0.15) is 5.10 Å². The predicted molar refractivity (Wildman–Crippen MR) is 72.1 cm³/mol. The molecule has 0 fully saturated rings.